The topological polar surface area (TPSA) is 54.6 Å². The number of anilines is 14. The van der Waals surface area contributed by atoms with Gasteiger partial charge in [-0.2, -0.15) is 0 Å². The van der Waals surface area contributed by atoms with E-state index in [2.05, 4.69) is 340 Å². The van der Waals surface area contributed by atoms with Gasteiger partial charge in [0.25, 0.3) is 0 Å². The van der Waals surface area contributed by atoms with Crippen molar-refractivity contribution in [3.05, 3.63) is 385 Å². The van der Waals surface area contributed by atoms with Crippen molar-refractivity contribution >= 4 is 79.6 Å². The second-order valence-corrected chi connectivity index (χ2v) is 21.5. The third-order valence-corrected chi connectivity index (χ3v) is 15.1. The predicted octanol–water partition coefficient (Wildman–Crippen LogP) is 22.1. The quantitative estimate of drug-likeness (QED) is 0.0610. The molecule has 0 fully saturated rings. The van der Waals surface area contributed by atoms with Crippen molar-refractivity contribution in [2.45, 2.75) is 19.3 Å². The molecule has 13 aromatic rings. The number of rotatable bonds is 20. The van der Waals surface area contributed by atoms with E-state index in [0.29, 0.717) is 0 Å². The zero-order valence-corrected chi connectivity index (χ0v) is 48.5. The van der Waals surface area contributed by atoms with Gasteiger partial charge in [0.05, 0.1) is 0 Å². The number of nitrogens with zero attached hydrogens (tertiary/aromatic N) is 2. The molecule has 0 unspecified atom stereocenters. The Morgan fingerprint density at radius 1 is 0.149 bits per heavy atom. The van der Waals surface area contributed by atoms with Crippen LogP contribution in [-0.4, -0.2) is 0 Å². The molecule has 4 N–H and O–H groups in total. The monoisotopic (exact) mass is 1120 g/mol. The molecule has 87 heavy (non-hydrogen) atoms. The Morgan fingerprint density at radius 3 is 0.540 bits per heavy atom. The second-order valence-electron chi connectivity index (χ2n) is 21.5. The highest BCUT2D eigenvalue weighted by Gasteiger charge is 2.14. The van der Waals surface area contributed by atoms with Crippen molar-refractivity contribution in [2.75, 3.05) is 31.1 Å². The van der Waals surface area contributed by atoms with E-state index in [1.165, 1.54) is 33.4 Å². The van der Waals surface area contributed by atoms with Gasteiger partial charge in [0.15, 0.2) is 0 Å². The van der Waals surface area contributed by atoms with Gasteiger partial charge in [-0.25, -0.2) is 0 Å². The summed E-state index contributed by atoms with van der Waals surface area (Å²) in [5.74, 6) is 0. The summed E-state index contributed by atoms with van der Waals surface area (Å²) in [6.07, 6.45) is 2.74. The fraction of sp³-hybridized carbons (Fsp3) is 0.0370. The van der Waals surface area contributed by atoms with E-state index >= 15 is 0 Å². The Bertz CT molecular complexity index is 3780. The Hall–Kier alpha value is -11.3. The average molecular weight is 1130 g/mol. The maximum atomic E-state index is 3.57. The Morgan fingerprint density at radius 2 is 0.310 bits per heavy atom. The fourth-order valence-electron chi connectivity index (χ4n) is 10.6. The molecule has 0 bridgehead atoms. The number of hydrogen-bond acceptors (Lipinski definition) is 6. The van der Waals surface area contributed by atoms with Crippen molar-refractivity contribution in [3.63, 3.8) is 0 Å². The standard InChI is InChI=1S/C49H40N4.C32H28N2/c1-5-13-44(14-6-1)52(45-15-7-2-8-16-45)48-33-29-42(30-34-48)50-40-25-21-38(22-26-40)37-39-23-27-41(28-24-39)51-43-31-35-49(36-32-43)53(46-17-9-3-10-18-46)47-19-11-4-12-20-47;1-3-7-25(8-4-1)23-26-11-19-31(20-12-26)34-32-21-15-28(16-22-32)24-27-13-17-30(18-14-27)33-29-9-5-2-6-10-29/h1-36,50-51H,37H2;1-22,33-34H,23-24H2. The highest BCUT2D eigenvalue weighted by molar-refractivity contribution is 5.79. The van der Waals surface area contributed by atoms with Gasteiger partial charge in [-0.05, 0) is 223 Å². The summed E-state index contributed by atoms with van der Waals surface area (Å²) in [6.45, 7) is 0. The molecule has 6 nitrogen and oxygen atoms in total. The van der Waals surface area contributed by atoms with Crippen LogP contribution in [0.3, 0.4) is 0 Å². The first-order valence-electron chi connectivity index (χ1n) is 29.7. The third kappa shape index (κ3) is 15.7. The average Bonchev–Trinajstić information content (AvgIpc) is 3.67. The van der Waals surface area contributed by atoms with Gasteiger partial charge >= 0.3 is 0 Å². The van der Waals surface area contributed by atoms with Crippen LogP contribution in [-0.2, 0) is 19.3 Å². The normalized spacial score (nSPS) is 10.7. The van der Waals surface area contributed by atoms with E-state index < -0.39 is 0 Å². The first-order chi connectivity index (χ1) is 43.0. The van der Waals surface area contributed by atoms with Gasteiger partial charge in [0, 0.05) is 79.6 Å². The van der Waals surface area contributed by atoms with Gasteiger partial charge in [-0.15, -0.1) is 0 Å². The van der Waals surface area contributed by atoms with Crippen molar-refractivity contribution in [2.24, 2.45) is 0 Å². The van der Waals surface area contributed by atoms with Gasteiger partial charge in [-0.3, -0.25) is 0 Å². The zero-order chi connectivity index (χ0) is 58.7. The van der Waals surface area contributed by atoms with Crippen LogP contribution in [0.4, 0.5) is 79.6 Å². The molecular weight excluding hydrogens is 1060 g/mol. The molecule has 0 heterocycles. The first kappa shape index (κ1) is 56.2. The summed E-state index contributed by atoms with van der Waals surface area (Å²) in [7, 11) is 0. The molecule has 0 saturated heterocycles. The molecule has 0 aliphatic heterocycles. The molecule has 0 radical (unpaired) electrons. The predicted molar refractivity (Wildman–Crippen MR) is 369 cm³/mol. The van der Waals surface area contributed by atoms with E-state index in [1.807, 2.05) is 42.5 Å². The van der Waals surface area contributed by atoms with E-state index in [9.17, 15) is 0 Å². The lowest BCUT2D eigenvalue weighted by molar-refractivity contribution is 1.19. The number of nitrogens with one attached hydrogen (secondary N) is 4. The van der Waals surface area contributed by atoms with Gasteiger partial charge < -0.3 is 31.1 Å². The third-order valence-electron chi connectivity index (χ3n) is 15.1. The van der Waals surface area contributed by atoms with Gasteiger partial charge in [0.1, 0.15) is 0 Å². The Balaban J connectivity index is 0.000000187. The summed E-state index contributed by atoms with van der Waals surface area (Å²) in [6, 6.07) is 123. The summed E-state index contributed by atoms with van der Waals surface area (Å²) >= 11 is 0. The summed E-state index contributed by atoms with van der Waals surface area (Å²) < 4.78 is 0. The minimum absolute atomic E-state index is 0.869. The van der Waals surface area contributed by atoms with E-state index in [1.54, 1.807) is 0 Å². The SMILES string of the molecule is c1ccc(Cc2ccc(Nc3ccc(Cc4ccc(Nc5ccccc5)cc4)cc3)cc2)cc1.c1ccc(N(c2ccccc2)c2ccc(Nc3ccc(Cc4ccc(Nc5ccc(N(c6ccccc6)c6ccccc6)cc5)cc4)cc3)cc2)cc1. The van der Waals surface area contributed by atoms with Crippen LogP contribution < -0.4 is 31.1 Å². The van der Waals surface area contributed by atoms with Crippen molar-refractivity contribution in [3.8, 4) is 0 Å². The Labute approximate surface area is 512 Å². The highest BCUT2D eigenvalue weighted by Crippen LogP contribution is 2.37. The Kier molecular flexibility index (Phi) is 18.3. The van der Waals surface area contributed by atoms with Crippen molar-refractivity contribution in [1.29, 1.82) is 0 Å². The first-order valence-corrected chi connectivity index (χ1v) is 29.7. The molecule has 13 rings (SSSR count). The number of para-hydroxylation sites is 5. The van der Waals surface area contributed by atoms with Crippen LogP contribution in [0.2, 0.25) is 0 Å². The van der Waals surface area contributed by atoms with Crippen LogP contribution in [0, 0.1) is 0 Å². The van der Waals surface area contributed by atoms with Crippen LogP contribution in [0.15, 0.2) is 352 Å². The van der Waals surface area contributed by atoms with Crippen molar-refractivity contribution < 1.29 is 0 Å². The molecule has 0 spiro atoms. The fourth-order valence-corrected chi connectivity index (χ4v) is 10.6. The molecule has 0 aromatic heterocycles. The van der Waals surface area contributed by atoms with Crippen LogP contribution in [0.25, 0.3) is 0 Å². The molecule has 13 aromatic carbocycles. The lowest BCUT2D eigenvalue weighted by Crippen LogP contribution is -2.09. The smallest absolute Gasteiger partial charge is 0.0463 e. The van der Waals surface area contributed by atoms with E-state index in [4.69, 9.17) is 0 Å². The summed E-state index contributed by atoms with van der Waals surface area (Å²) in [5, 5.41) is 14.1. The van der Waals surface area contributed by atoms with E-state index in [-0.39, 0.29) is 0 Å². The molecule has 0 aliphatic rings. The minimum Gasteiger partial charge on any atom is -0.356 e. The maximum Gasteiger partial charge on any atom is 0.0463 e. The molecule has 422 valence electrons. The summed E-state index contributed by atoms with van der Waals surface area (Å²) in [5.41, 5.74) is 23.1. The van der Waals surface area contributed by atoms with Crippen LogP contribution >= 0.6 is 0 Å². The molecule has 6 heteroatoms. The minimum atomic E-state index is 0.869. The molecular formula is C81H68N6. The second kappa shape index (κ2) is 28.3. The van der Waals surface area contributed by atoms with Crippen LogP contribution in [0.1, 0.15) is 33.4 Å². The number of hydrogen-bond donors (Lipinski definition) is 4. The summed E-state index contributed by atoms with van der Waals surface area (Å²) in [4.78, 5) is 4.54. The lowest BCUT2D eigenvalue weighted by atomic mass is 10.0. The lowest BCUT2D eigenvalue weighted by Gasteiger charge is -2.25. The van der Waals surface area contributed by atoms with Gasteiger partial charge in [-0.1, -0.05) is 182 Å². The highest BCUT2D eigenvalue weighted by atomic mass is 15.1. The van der Waals surface area contributed by atoms with Gasteiger partial charge in [0.2, 0.25) is 0 Å². The van der Waals surface area contributed by atoms with Crippen LogP contribution in [0.5, 0.6) is 0 Å². The largest absolute Gasteiger partial charge is 0.356 e. The zero-order valence-electron chi connectivity index (χ0n) is 48.5. The van der Waals surface area contributed by atoms with E-state index in [0.717, 1.165) is 98.9 Å². The molecule has 0 amide bonds. The molecule has 0 aliphatic carbocycles. The number of benzene rings is 13. The van der Waals surface area contributed by atoms with Crippen molar-refractivity contribution in [1.82, 2.24) is 0 Å². The molecule has 0 saturated carbocycles. The maximum absolute atomic E-state index is 3.57. The molecule has 0 atom stereocenters.